The fraction of sp³-hybridized carbons (Fsp3) is 0.263. The van der Waals surface area contributed by atoms with Crippen LogP contribution in [0.1, 0.15) is 5.56 Å². The normalized spacial score (nSPS) is 13.9. The van der Waals surface area contributed by atoms with E-state index in [9.17, 15) is 39.5 Å². The first-order valence-electron chi connectivity index (χ1n) is 8.08. The van der Waals surface area contributed by atoms with Gasteiger partial charge in [-0.25, -0.2) is 0 Å². The number of rotatable bonds is 4. The number of aromatic nitrogens is 1. The number of fused-ring (bicyclic) bond motifs is 1. The van der Waals surface area contributed by atoms with Gasteiger partial charge in [-0.15, -0.1) is 0 Å². The van der Waals surface area contributed by atoms with Crippen LogP contribution in [0.4, 0.5) is 39.5 Å². The SMILES string of the molecule is Cn1c(-c2ccccc2)c(C(F)(F)C(F)(F)C(F)(F)C(F)(F)F)c2ccccc21. The molecule has 0 aliphatic carbocycles. The Balaban J connectivity index is 2.40. The molecule has 0 unspecified atom stereocenters. The predicted octanol–water partition coefficient (Wildman–Crippen LogP) is 6.77. The first-order valence-corrected chi connectivity index (χ1v) is 8.08. The monoisotopic (exact) mass is 425 g/mol. The van der Waals surface area contributed by atoms with Gasteiger partial charge in [0.25, 0.3) is 0 Å². The Morgan fingerprint density at radius 3 is 1.72 bits per heavy atom. The quantitative estimate of drug-likeness (QED) is 0.407. The van der Waals surface area contributed by atoms with Crippen LogP contribution < -0.4 is 0 Å². The third-order valence-electron chi connectivity index (χ3n) is 4.61. The molecule has 29 heavy (non-hydrogen) atoms. The zero-order valence-corrected chi connectivity index (χ0v) is 14.5. The van der Waals surface area contributed by atoms with E-state index in [1.807, 2.05) is 0 Å². The molecule has 0 N–H and O–H groups in total. The number of para-hydroxylation sites is 1. The van der Waals surface area contributed by atoms with Crippen molar-refractivity contribution in [2.45, 2.75) is 23.9 Å². The van der Waals surface area contributed by atoms with E-state index in [1.54, 1.807) is 0 Å². The lowest BCUT2D eigenvalue weighted by Gasteiger charge is -2.34. The molecule has 2 aromatic carbocycles. The Bertz CT molecular complexity index is 1030. The maximum atomic E-state index is 14.9. The summed E-state index contributed by atoms with van der Waals surface area (Å²) >= 11 is 0. The van der Waals surface area contributed by atoms with Gasteiger partial charge in [-0.2, -0.15) is 39.5 Å². The van der Waals surface area contributed by atoms with E-state index in [4.69, 9.17) is 0 Å². The fourth-order valence-electron chi connectivity index (χ4n) is 3.18. The van der Waals surface area contributed by atoms with Crippen LogP contribution in [0.15, 0.2) is 54.6 Å². The van der Waals surface area contributed by atoms with Crippen LogP contribution in [0.5, 0.6) is 0 Å². The number of benzene rings is 2. The minimum absolute atomic E-state index is 0.0350. The molecule has 0 bridgehead atoms. The fourth-order valence-corrected chi connectivity index (χ4v) is 3.18. The number of nitrogens with zero attached hydrogens (tertiary/aromatic N) is 1. The first kappa shape index (κ1) is 21.1. The molecule has 0 radical (unpaired) electrons. The van der Waals surface area contributed by atoms with Crippen molar-refractivity contribution < 1.29 is 39.5 Å². The maximum absolute atomic E-state index is 14.9. The minimum Gasteiger partial charge on any atom is -0.343 e. The van der Waals surface area contributed by atoms with Crippen molar-refractivity contribution in [3.8, 4) is 11.3 Å². The summed E-state index contributed by atoms with van der Waals surface area (Å²) in [7, 11) is 1.23. The summed E-state index contributed by atoms with van der Waals surface area (Å²) in [5.41, 5.74) is -2.27. The summed E-state index contributed by atoms with van der Waals surface area (Å²) in [5, 5.41) is -0.559. The molecule has 1 heterocycles. The summed E-state index contributed by atoms with van der Waals surface area (Å²) in [5.74, 6) is -19.6. The number of alkyl halides is 9. The summed E-state index contributed by atoms with van der Waals surface area (Å²) in [6, 6.07) is 11.6. The van der Waals surface area contributed by atoms with Gasteiger partial charge in [0.1, 0.15) is 0 Å². The molecule has 0 aliphatic heterocycles. The van der Waals surface area contributed by atoms with Gasteiger partial charge >= 0.3 is 23.9 Å². The molecule has 0 atom stereocenters. The summed E-state index contributed by atoms with van der Waals surface area (Å²) < 4.78 is 124. The van der Waals surface area contributed by atoms with Crippen LogP contribution in [0, 0.1) is 0 Å². The molecule has 0 saturated heterocycles. The van der Waals surface area contributed by atoms with Gasteiger partial charge in [0.2, 0.25) is 0 Å². The van der Waals surface area contributed by atoms with Gasteiger partial charge in [-0.1, -0.05) is 48.5 Å². The number of hydrogen-bond donors (Lipinski definition) is 0. The molecule has 1 nitrogen and oxygen atoms in total. The van der Waals surface area contributed by atoms with E-state index >= 15 is 0 Å². The molecule has 1 aromatic heterocycles. The minimum atomic E-state index is -6.96. The lowest BCUT2D eigenvalue weighted by Crippen LogP contribution is -2.59. The third kappa shape index (κ3) is 2.87. The van der Waals surface area contributed by atoms with Gasteiger partial charge in [0, 0.05) is 18.0 Å². The molecular formula is C19H12F9N. The largest absolute Gasteiger partial charge is 0.460 e. The molecule has 3 aromatic rings. The van der Waals surface area contributed by atoms with Gasteiger partial charge in [0.15, 0.2) is 0 Å². The molecule has 0 fully saturated rings. The van der Waals surface area contributed by atoms with E-state index in [0.29, 0.717) is 0 Å². The van der Waals surface area contributed by atoms with Gasteiger partial charge in [-0.3, -0.25) is 0 Å². The molecule has 0 aliphatic rings. The third-order valence-corrected chi connectivity index (χ3v) is 4.61. The van der Waals surface area contributed by atoms with Crippen molar-refractivity contribution in [2.24, 2.45) is 7.05 Å². The number of aryl methyl sites for hydroxylation is 1. The van der Waals surface area contributed by atoms with Crippen molar-refractivity contribution in [3.05, 3.63) is 60.2 Å². The molecular weight excluding hydrogens is 413 g/mol. The number of halogens is 9. The van der Waals surface area contributed by atoms with E-state index in [2.05, 4.69) is 0 Å². The Labute approximate surface area is 158 Å². The van der Waals surface area contributed by atoms with Crippen LogP contribution in [-0.2, 0) is 13.0 Å². The smallest absolute Gasteiger partial charge is 0.343 e. The number of hydrogen-bond acceptors (Lipinski definition) is 0. The summed E-state index contributed by atoms with van der Waals surface area (Å²) in [4.78, 5) is 0. The van der Waals surface area contributed by atoms with Gasteiger partial charge in [0.05, 0.1) is 11.3 Å². The highest BCUT2D eigenvalue weighted by atomic mass is 19.4. The van der Waals surface area contributed by atoms with E-state index in [1.165, 1.54) is 55.6 Å². The lowest BCUT2D eigenvalue weighted by molar-refractivity contribution is -0.399. The zero-order chi connectivity index (χ0) is 21.8. The van der Waals surface area contributed by atoms with Crippen LogP contribution in [0.2, 0.25) is 0 Å². The van der Waals surface area contributed by atoms with Crippen LogP contribution in [-0.4, -0.2) is 22.6 Å². The highest BCUT2D eigenvalue weighted by Gasteiger charge is 2.82. The summed E-state index contributed by atoms with van der Waals surface area (Å²) in [6.45, 7) is 0. The Morgan fingerprint density at radius 1 is 0.655 bits per heavy atom. The van der Waals surface area contributed by atoms with E-state index < -0.39 is 40.6 Å². The van der Waals surface area contributed by atoms with Crippen molar-refractivity contribution in [2.75, 3.05) is 0 Å². The van der Waals surface area contributed by atoms with Crippen molar-refractivity contribution in [1.29, 1.82) is 0 Å². The van der Waals surface area contributed by atoms with Crippen LogP contribution in [0.3, 0.4) is 0 Å². The Morgan fingerprint density at radius 2 is 1.17 bits per heavy atom. The molecule has 3 rings (SSSR count). The van der Waals surface area contributed by atoms with Gasteiger partial charge < -0.3 is 4.57 Å². The second-order valence-corrected chi connectivity index (χ2v) is 6.39. The topological polar surface area (TPSA) is 4.93 Å². The van der Waals surface area contributed by atoms with Crippen LogP contribution >= 0.6 is 0 Å². The van der Waals surface area contributed by atoms with Crippen molar-refractivity contribution in [1.82, 2.24) is 4.57 Å². The lowest BCUT2D eigenvalue weighted by atomic mass is 9.92. The molecule has 0 spiro atoms. The standard InChI is InChI=1S/C19H12F9N/c1-29-13-10-6-5-9-12(13)14(15(29)11-7-3-2-4-8-11)16(20,21)17(22,23)18(24,25)19(26,27)28/h2-10H,1H3. The average molecular weight is 425 g/mol. The van der Waals surface area contributed by atoms with Crippen molar-refractivity contribution >= 4 is 10.9 Å². The second kappa shape index (κ2) is 6.43. The molecule has 10 heteroatoms. The Hall–Kier alpha value is -2.65. The Kier molecular flexibility index (Phi) is 4.67. The van der Waals surface area contributed by atoms with Crippen molar-refractivity contribution in [3.63, 3.8) is 0 Å². The second-order valence-electron chi connectivity index (χ2n) is 6.39. The van der Waals surface area contributed by atoms with E-state index in [0.717, 1.165) is 10.6 Å². The summed E-state index contributed by atoms with van der Waals surface area (Å²) in [6.07, 6.45) is -6.88. The highest BCUT2D eigenvalue weighted by molar-refractivity contribution is 5.92. The molecule has 0 saturated carbocycles. The first-order chi connectivity index (χ1) is 13.2. The predicted molar refractivity (Wildman–Crippen MR) is 88.2 cm³/mol. The van der Waals surface area contributed by atoms with E-state index in [-0.39, 0.29) is 11.1 Å². The van der Waals surface area contributed by atoms with Gasteiger partial charge in [-0.05, 0) is 11.6 Å². The maximum Gasteiger partial charge on any atom is 0.460 e. The molecule has 0 amide bonds. The zero-order valence-electron chi connectivity index (χ0n) is 14.5. The highest BCUT2D eigenvalue weighted by Crippen LogP contribution is 2.59. The average Bonchev–Trinajstić information content (AvgIpc) is 2.95. The molecule has 156 valence electrons. The van der Waals surface area contributed by atoms with Crippen LogP contribution in [0.25, 0.3) is 22.2 Å².